The summed E-state index contributed by atoms with van der Waals surface area (Å²) in [7, 11) is 0. The summed E-state index contributed by atoms with van der Waals surface area (Å²) >= 11 is 5.67. The lowest BCUT2D eigenvalue weighted by Gasteiger charge is -2.14. The molecule has 8 heteroatoms. The molecule has 3 heterocycles. The molecule has 0 amide bonds. The number of hydrogen-bond acceptors (Lipinski definition) is 3. The van der Waals surface area contributed by atoms with Crippen molar-refractivity contribution < 1.29 is 13.2 Å². The number of rotatable bonds is 0. The van der Waals surface area contributed by atoms with Gasteiger partial charge in [0.1, 0.15) is 5.92 Å². The van der Waals surface area contributed by atoms with E-state index >= 15 is 0 Å². The highest BCUT2D eigenvalue weighted by Gasteiger charge is 2.46. The Morgan fingerprint density at radius 2 is 2.24 bits per heavy atom. The zero-order valence-electron chi connectivity index (χ0n) is 8.29. The van der Waals surface area contributed by atoms with Crippen molar-refractivity contribution in [2.24, 2.45) is 0 Å². The maximum absolute atomic E-state index is 12.8. The van der Waals surface area contributed by atoms with Crippen LogP contribution in [0.3, 0.4) is 0 Å². The summed E-state index contributed by atoms with van der Waals surface area (Å²) in [6, 6.07) is 1.42. The molecule has 1 N–H and O–H groups in total. The molecule has 2 aromatic heterocycles. The third-order valence-electron chi connectivity index (χ3n) is 2.71. The average Bonchev–Trinajstić information content (AvgIpc) is 2.76. The minimum absolute atomic E-state index is 0.0643. The highest BCUT2D eigenvalue weighted by atomic mass is 35.5. The smallest absolute Gasteiger partial charge is 0.381 e. The van der Waals surface area contributed by atoms with E-state index in [2.05, 4.69) is 15.4 Å². The monoisotopic (exact) mass is 262 g/mol. The van der Waals surface area contributed by atoms with Crippen molar-refractivity contribution in [3.05, 3.63) is 23.1 Å². The predicted molar refractivity (Wildman–Crippen MR) is 55.3 cm³/mol. The first-order chi connectivity index (χ1) is 7.97. The third kappa shape index (κ3) is 1.53. The molecule has 17 heavy (non-hydrogen) atoms. The van der Waals surface area contributed by atoms with Gasteiger partial charge in [0.25, 0.3) is 0 Å². The quantitative estimate of drug-likeness (QED) is 0.793. The number of nitrogens with zero attached hydrogens (tertiary/aromatic N) is 3. The summed E-state index contributed by atoms with van der Waals surface area (Å²) in [6.45, 7) is -0.197. The van der Waals surface area contributed by atoms with Gasteiger partial charge in [0.05, 0.1) is 17.6 Å². The first-order valence-electron chi connectivity index (χ1n) is 4.81. The van der Waals surface area contributed by atoms with Crippen LogP contribution in [0.2, 0.25) is 5.15 Å². The number of hydrogen-bond donors (Lipinski definition) is 1. The van der Waals surface area contributed by atoms with E-state index in [1.165, 1.54) is 12.3 Å². The van der Waals surface area contributed by atoms with Crippen LogP contribution in [0.5, 0.6) is 0 Å². The Morgan fingerprint density at radius 1 is 1.47 bits per heavy atom. The molecule has 0 saturated carbocycles. The van der Waals surface area contributed by atoms with E-state index in [1.54, 1.807) is 0 Å². The lowest BCUT2D eigenvalue weighted by atomic mass is 10.1. The summed E-state index contributed by atoms with van der Waals surface area (Å²) in [4.78, 5) is 3.98. The molecule has 0 aliphatic carbocycles. The molecule has 1 aliphatic heterocycles. The zero-order valence-corrected chi connectivity index (χ0v) is 9.05. The van der Waals surface area contributed by atoms with Crippen LogP contribution < -0.4 is 5.32 Å². The summed E-state index contributed by atoms with van der Waals surface area (Å²) in [5.41, 5.74) is 0.723. The molecule has 0 spiro atoms. The van der Waals surface area contributed by atoms with E-state index in [9.17, 15) is 13.2 Å². The molecule has 0 saturated heterocycles. The molecule has 0 bridgehead atoms. The van der Waals surface area contributed by atoms with Gasteiger partial charge in [-0.05, 0) is 0 Å². The fourth-order valence-electron chi connectivity index (χ4n) is 1.97. The van der Waals surface area contributed by atoms with Gasteiger partial charge in [0.2, 0.25) is 0 Å². The van der Waals surface area contributed by atoms with Crippen LogP contribution in [-0.4, -0.2) is 27.3 Å². The van der Waals surface area contributed by atoms with Gasteiger partial charge in [-0.15, -0.1) is 0 Å². The molecule has 1 aliphatic rings. The maximum Gasteiger partial charge on any atom is 0.399 e. The Hall–Kier alpha value is -1.50. The van der Waals surface area contributed by atoms with Gasteiger partial charge in [-0.3, -0.25) is 0 Å². The van der Waals surface area contributed by atoms with Crippen molar-refractivity contribution in [1.29, 1.82) is 0 Å². The van der Waals surface area contributed by atoms with Crippen molar-refractivity contribution in [3.8, 4) is 0 Å². The van der Waals surface area contributed by atoms with E-state index in [4.69, 9.17) is 11.6 Å². The molecular formula is C9H6ClF3N4. The Bertz CT molecular complexity index is 592. The zero-order chi connectivity index (χ0) is 12.2. The van der Waals surface area contributed by atoms with Crippen molar-refractivity contribution >= 4 is 22.9 Å². The standard InChI is InChI=1S/C9H6ClF3N4/c10-6-1-7-15-3-5-8(17(7)16-6)4(2-14-5)9(11,12)13/h1,3-4,14H,2H2. The lowest BCUT2D eigenvalue weighted by molar-refractivity contribution is -0.147. The SMILES string of the molecule is FC(F)(F)C1CNc2cnc3cc(Cl)nn3c21. The van der Waals surface area contributed by atoms with Crippen molar-refractivity contribution in [1.82, 2.24) is 14.6 Å². The van der Waals surface area contributed by atoms with E-state index < -0.39 is 12.1 Å². The second-order valence-electron chi connectivity index (χ2n) is 3.77. The van der Waals surface area contributed by atoms with Crippen LogP contribution in [0.15, 0.2) is 12.3 Å². The van der Waals surface area contributed by atoms with E-state index in [1.807, 2.05) is 0 Å². The maximum atomic E-state index is 12.8. The Morgan fingerprint density at radius 3 is 2.94 bits per heavy atom. The molecule has 0 radical (unpaired) electrons. The molecular weight excluding hydrogens is 257 g/mol. The molecule has 0 fully saturated rings. The summed E-state index contributed by atoms with van der Waals surface area (Å²) in [6.07, 6.45) is -2.95. The van der Waals surface area contributed by atoms with Crippen LogP contribution in [0.4, 0.5) is 18.9 Å². The van der Waals surface area contributed by atoms with E-state index in [0.717, 1.165) is 4.52 Å². The third-order valence-corrected chi connectivity index (χ3v) is 2.90. The Balaban J connectivity index is 2.27. The van der Waals surface area contributed by atoms with Crippen molar-refractivity contribution in [2.75, 3.05) is 11.9 Å². The van der Waals surface area contributed by atoms with E-state index in [-0.39, 0.29) is 17.4 Å². The molecule has 2 aromatic rings. The molecule has 0 aromatic carbocycles. The summed E-state index contributed by atoms with van der Waals surface area (Å²) in [5.74, 6) is -1.58. The lowest BCUT2D eigenvalue weighted by Crippen LogP contribution is -2.24. The van der Waals surface area contributed by atoms with Gasteiger partial charge >= 0.3 is 6.18 Å². The average molecular weight is 263 g/mol. The molecule has 1 atom stereocenters. The van der Waals surface area contributed by atoms with Gasteiger partial charge in [0, 0.05) is 12.6 Å². The highest BCUT2D eigenvalue weighted by molar-refractivity contribution is 6.29. The Labute approximate surface area is 98.4 Å². The van der Waals surface area contributed by atoms with Gasteiger partial charge in [-0.2, -0.15) is 18.3 Å². The van der Waals surface area contributed by atoms with Crippen LogP contribution in [0, 0.1) is 0 Å². The van der Waals surface area contributed by atoms with Crippen LogP contribution in [0.25, 0.3) is 5.65 Å². The summed E-state index contributed by atoms with van der Waals surface area (Å²) in [5, 5.41) is 6.62. The molecule has 1 unspecified atom stereocenters. The predicted octanol–water partition coefficient (Wildman–Crippen LogP) is 2.45. The van der Waals surface area contributed by atoms with Crippen LogP contribution in [0.1, 0.15) is 11.6 Å². The van der Waals surface area contributed by atoms with Gasteiger partial charge in [-0.25, -0.2) is 9.50 Å². The normalized spacial score (nSPS) is 19.4. The number of aromatic nitrogens is 3. The Kier molecular flexibility index (Phi) is 2.04. The minimum atomic E-state index is -4.31. The second-order valence-corrected chi connectivity index (χ2v) is 4.16. The first kappa shape index (κ1) is 10.6. The molecule has 4 nitrogen and oxygen atoms in total. The van der Waals surface area contributed by atoms with Crippen molar-refractivity contribution in [2.45, 2.75) is 12.1 Å². The van der Waals surface area contributed by atoms with Crippen molar-refractivity contribution in [3.63, 3.8) is 0 Å². The second kappa shape index (κ2) is 3.25. The summed E-state index contributed by atoms with van der Waals surface area (Å²) < 4.78 is 39.7. The van der Waals surface area contributed by atoms with Crippen LogP contribution in [-0.2, 0) is 0 Å². The van der Waals surface area contributed by atoms with E-state index in [0.29, 0.717) is 11.3 Å². The van der Waals surface area contributed by atoms with Gasteiger partial charge in [-0.1, -0.05) is 11.6 Å². The largest absolute Gasteiger partial charge is 0.399 e. The fraction of sp³-hybridized carbons (Fsp3) is 0.333. The van der Waals surface area contributed by atoms with Crippen LogP contribution >= 0.6 is 11.6 Å². The topological polar surface area (TPSA) is 42.2 Å². The number of anilines is 1. The number of fused-ring (bicyclic) bond motifs is 3. The highest BCUT2D eigenvalue weighted by Crippen LogP contribution is 2.42. The molecule has 3 rings (SSSR count). The first-order valence-corrected chi connectivity index (χ1v) is 5.19. The van der Waals surface area contributed by atoms with Gasteiger partial charge < -0.3 is 5.32 Å². The van der Waals surface area contributed by atoms with Gasteiger partial charge in [0.15, 0.2) is 10.8 Å². The number of nitrogens with one attached hydrogen (secondary N) is 1. The number of alkyl halides is 3. The number of halogens is 4. The minimum Gasteiger partial charge on any atom is -0.381 e. The fourth-order valence-corrected chi connectivity index (χ4v) is 2.15. The molecule has 90 valence electrons.